The summed E-state index contributed by atoms with van der Waals surface area (Å²) in [6.45, 7) is 0.174. The third kappa shape index (κ3) is 4.91. The average molecular weight is 444 g/mol. The number of rotatable bonds is 6. The van der Waals surface area contributed by atoms with E-state index in [9.17, 15) is 18.0 Å². The summed E-state index contributed by atoms with van der Waals surface area (Å²) in [5.74, 6) is -0.333. The van der Waals surface area contributed by atoms with E-state index in [1.807, 2.05) is 0 Å². The van der Waals surface area contributed by atoms with E-state index in [0.717, 1.165) is 4.68 Å². The van der Waals surface area contributed by atoms with Crippen molar-refractivity contribution in [3.63, 3.8) is 0 Å². The van der Waals surface area contributed by atoms with Crippen molar-refractivity contribution in [2.45, 2.75) is 12.9 Å². The van der Waals surface area contributed by atoms with Gasteiger partial charge in [0.25, 0.3) is 5.56 Å². The Morgan fingerprint density at radius 2 is 1.69 bits per heavy atom. The number of anilines is 1. The van der Waals surface area contributed by atoms with Crippen LogP contribution in [0.1, 0.15) is 0 Å². The minimum Gasteiger partial charge on any atom is -0.461 e. The smallest absolute Gasteiger partial charge is 0.461 e. The molecule has 12 heteroatoms. The van der Waals surface area contributed by atoms with Crippen molar-refractivity contribution in [3.8, 4) is 22.9 Å². The Bertz CT molecular complexity index is 1290. The summed E-state index contributed by atoms with van der Waals surface area (Å²) in [5.41, 5.74) is 7.13. The first kappa shape index (κ1) is 21.0. The molecule has 0 aliphatic heterocycles. The molecule has 0 spiro atoms. The number of aromatic nitrogens is 5. The summed E-state index contributed by atoms with van der Waals surface area (Å²) >= 11 is 0. The van der Waals surface area contributed by atoms with Crippen LogP contribution in [0.4, 0.5) is 18.9 Å². The number of halogens is 3. The highest BCUT2D eigenvalue weighted by Crippen LogP contribution is 2.27. The van der Waals surface area contributed by atoms with E-state index >= 15 is 0 Å². The molecule has 0 fully saturated rings. The standard InChI is InChI=1S/C20H15F3N6O3/c21-20(22,23)32-15-4-1-12(2-5-15)13-3-6-17-16(9-13)18(30)29(28-27-17)7-8-31-19-25-10-14(24)11-26-19/h1-6,9-11H,7-8,24H2. The van der Waals surface area contributed by atoms with E-state index in [2.05, 4.69) is 25.0 Å². The van der Waals surface area contributed by atoms with Gasteiger partial charge in [-0.05, 0) is 35.4 Å². The second-order valence-electron chi connectivity index (χ2n) is 6.57. The van der Waals surface area contributed by atoms with Crippen LogP contribution in [0, 0.1) is 0 Å². The fourth-order valence-corrected chi connectivity index (χ4v) is 2.88. The minimum absolute atomic E-state index is 0.0738. The van der Waals surface area contributed by atoms with Crippen LogP contribution >= 0.6 is 0 Å². The van der Waals surface area contributed by atoms with Gasteiger partial charge < -0.3 is 15.2 Å². The molecule has 2 aromatic carbocycles. The molecule has 32 heavy (non-hydrogen) atoms. The molecular formula is C20H15F3N6O3. The Hall–Kier alpha value is -4.22. The van der Waals surface area contributed by atoms with Crippen molar-refractivity contribution in [3.05, 3.63) is 65.2 Å². The van der Waals surface area contributed by atoms with E-state index in [4.69, 9.17) is 10.5 Å². The molecule has 4 aromatic rings. The molecule has 0 bridgehead atoms. The van der Waals surface area contributed by atoms with Gasteiger partial charge in [0, 0.05) is 0 Å². The number of fused-ring (bicyclic) bond motifs is 1. The number of nitrogens with two attached hydrogens (primary N) is 1. The number of nitrogen functional groups attached to an aromatic ring is 1. The lowest BCUT2D eigenvalue weighted by Crippen LogP contribution is -2.27. The maximum Gasteiger partial charge on any atom is 0.573 e. The average Bonchev–Trinajstić information content (AvgIpc) is 2.76. The predicted molar refractivity (Wildman–Crippen MR) is 108 cm³/mol. The van der Waals surface area contributed by atoms with Gasteiger partial charge in [0.1, 0.15) is 17.9 Å². The maximum absolute atomic E-state index is 12.8. The Kier molecular flexibility index (Phi) is 5.58. The Morgan fingerprint density at radius 3 is 2.38 bits per heavy atom. The van der Waals surface area contributed by atoms with Gasteiger partial charge in [-0.1, -0.05) is 23.4 Å². The van der Waals surface area contributed by atoms with E-state index < -0.39 is 11.9 Å². The third-order valence-electron chi connectivity index (χ3n) is 4.33. The van der Waals surface area contributed by atoms with Gasteiger partial charge in [-0.25, -0.2) is 14.6 Å². The summed E-state index contributed by atoms with van der Waals surface area (Å²) in [4.78, 5) is 20.6. The second kappa shape index (κ2) is 8.49. The van der Waals surface area contributed by atoms with Crippen molar-refractivity contribution in [2.75, 3.05) is 12.3 Å². The van der Waals surface area contributed by atoms with Gasteiger partial charge in [-0.3, -0.25) is 4.79 Å². The van der Waals surface area contributed by atoms with Gasteiger partial charge in [-0.15, -0.1) is 18.3 Å². The molecule has 0 amide bonds. The van der Waals surface area contributed by atoms with Crippen molar-refractivity contribution in [1.29, 1.82) is 0 Å². The molecular weight excluding hydrogens is 429 g/mol. The van der Waals surface area contributed by atoms with Gasteiger partial charge in [0.05, 0.1) is 30.0 Å². The Morgan fingerprint density at radius 1 is 1.00 bits per heavy atom. The highest BCUT2D eigenvalue weighted by atomic mass is 19.4. The van der Waals surface area contributed by atoms with Crippen molar-refractivity contribution in [1.82, 2.24) is 25.0 Å². The maximum atomic E-state index is 12.8. The van der Waals surface area contributed by atoms with Crippen LogP contribution in [0.25, 0.3) is 22.0 Å². The molecule has 0 unspecified atom stereocenters. The fraction of sp³-hybridized carbons (Fsp3) is 0.150. The highest BCUT2D eigenvalue weighted by Gasteiger charge is 2.30. The Labute approximate surface area is 178 Å². The number of hydrogen-bond donors (Lipinski definition) is 1. The SMILES string of the molecule is Nc1cnc(OCCn2nnc3ccc(-c4ccc(OC(F)(F)F)cc4)cc3c2=O)nc1. The fourth-order valence-electron chi connectivity index (χ4n) is 2.88. The molecule has 0 aliphatic carbocycles. The van der Waals surface area contributed by atoms with Crippen LogP contribution in [0.5, 0.6) is 11.8 Å². The van der Waals surface area contributed by atoms with Crippen LogP contribution in [-0.4, -0.2) is 37.9 Å². The zero-order chi connectivity index (χ0) is 22.7. The van der Waals surface area contributed by atoms with E-state index in [1.165, 1.54) is 36.7 Å². The zero-order valence-corrected chi connectivity index (χ0v) is 16.3. The quantitative estimate of drug-likeness (QED) is 0.482. The second-order valence-corrected chi connectivity index (χ2v) is 6.57. The lowest BCUT2D eigenvalue weighted by Gasteiger charge is -2.10. The monoisotopic (exact) mass is 444 g/mol. The molecule has 0 saturated carbocycles. The largest absolute Gasteiger partial charge is 0.573 e. The molecule has 2 heterocycles. The number of alkyl halides is 3. The summed E-state index contributed by atoms with van der Waals surface area (Å²) in [5, 5.41) is 8.23. The van der Waals surface area contributed by atoms with Crippen molar-refractivity contribution in [2.24, 2.45) is 0 Å². The zero-order valence-electron chi connectivity index (χ0n) is 16.3. The molecule has 0 radical (unpaired) electrons. The van der Waals surface area contributed by atoms with Crippen LogP contribution < -0.4 is 20.8 Å². The molecule has 9 nitrogen and oxygen atoms in total. The van der Waals surface area contributed by atoms with Crippen LogP contribution in [0.2, 0.25) is 0 Å². The summed E-state index contributed by atoms with van der Waals surface area (Å²) in [6.07, 6.45) is -1.97. The van der Waals surface area contributed by atoms with Crippen molar-refractivity contribution >= 4 is 16.6 Å². The molecule has 0 saturated heterocycles. The topological polar surface area (TPSA) is 118 Å². The minimum atomic E-state index is -4.77. The molecule has 2 N–H and O–H groups in total. The lowest BCUT2D eigenvalue weighted by atomic mass is 10.0. The first-order chi connectivity index (χ1) is 15.3. The molecule has 4 rings (SSSR count). The van der Waals surface area contributed by atoms with Crippen LogP contribution in [0.3, 0.4) is 0 Å². The Balaban J connectivity index is 1.53. The molecule has 2 aromatic heterocycles. The number of nitrogens with zero attached hydrogens (tertiary/aromatic N) is 5. The number of ether oxygens (including phenoxy) is 2. The van der Waals surface area contributed by atoms with E-state index in [1.54, 1.807) is 18.2 Å². The van der Waals surface area contributed by atoms with Gasteiger partial charge in [0.15, 0.2) is 0 Å². The van der Waals surface area contributed by atoms with Gasteiger partial charge >= 0.3 is 12.4 Å². The van der Waals surface area contributed by atoms with Crippen LogP contribution in [-0.2, 0) is 6.54 Å². The summed E-state index contributed by atoms with van der Waals surface area (Å²) in [6, 6.07) is 10.4. The van der Waals surface area contributed by atoms with E-state index in [-0.39, 0.29) is 24.9 Å². The van der Waals surface area contributed by atoms with Gasteiger partial charge in [0.2, 0.25) is 0 Å². The normalized spacial score (nSPS) is 11.5. The first-order valence-electron chi connectivity index (χ1n) is 9.22. The summed E-state index contributed by atoms with van der Waals surface area (Å²) in [7, 11) is 0. The first-order valence-corrected chi connectivity index (χ1v) is 9.22. The van der Waals surface area contributed by atoms with Gasteiger partial charge in [-0.2, -0.15) is 0 Å². The third-order valence-corrected chi connectivity index (χ3v) is 4.33. The predicted octanol–water partition coefficient (Wildman–Crippen LogP) is 2.81. The summed E-state index contributed by atoms with van der Waals surface area (Å²) < 4.78 is 47.4. The lowest BCUT2D eigenvalue weighted by molar-refractivity contribution is -0.274. The van der Waals surface area contributed by atoms with Crippen LogP contribution in [0.15, 0.2) is 59.7 Å². The molecule has 0 aliphatic rings. The molecule has 0 atom stereocenters. The highest BCUT2D eigenvalue weighted by molar-refractivity contribution is 5.83. The number of hydrogen-bond acceptors (Lipinski definition) is 8. The number of benzene rings is 2. The van der Waals surface area contributed by atoms with Crippen molar-refractivity contribution < 1.29 is 22.6 Å². The van der Waals surface area contributed by atoms with E-state index in [0.29, 0.717) is 27.7 Å². The molecule has 164 valence electrons.